The molecule has 0 unspecified atom stereocenters. The van der Waals surface area contributed by atoms with Crippen LogP contribution in [-0.2, 0) is 6.54 Å². The first-order valence-corrected chi connectivity index (χ1v) is 6.20. The van der Waals surface area contributed by atoms with E-state index in [0.29, 0.717) is 5.76 Å². The average Bonchev–Trinajstić information content (AvgIpc) is 2.79. The highest BCUT2D eigenvalue weighted by molar-refractivity contribution is 5.69. The molecule has 0 saturated carbocycles. The van der Waals surface area contributed by atoms with Crippen LogP contribution in [-0.4, -0.2) is 12.3 Å². The first-order valence-electron chi connectivity index (χ1n) is 6.20. The van der Waals surface area contributed by atoms with Gasteiger partial charge in [-0.15, -0.1) is 0 Å². The average molecular weight is 272 g/mol. The van der Waals surface area contributed by atoms with Gasteiger partial charge in [-0.2, -0.15) is 0 Å². The molecule has 0 aliphatic rings. The van der Waals surface area contributed by atoms with Crippen LogP contribution in [0, 0.1) is 20.8 Å². The van der Waals surface area contributed by atoms with E-state index in [-0.39, 0.29) is 6.54 Å². The number of hydrogen-bond acceptors (Lipinski definition) is 4. The smallest absolute Gasteiger partial charge is 0.137 e. The first-order chi connectivity index (χ1) is 9.58. The van der Waals surface area contributed by atoms with Gasteiger partial charge in [0.1, 0.15) is 17.2 Å². The summed E-state index contributed by atoms with van der Waals surface area (Å²) in [5.74, 6) is 1.50. The summed E-state index contributed by atoms with van der Waals surface area (Å²) in [6, 6.07) is 3.97. The maximum absolute atomic E-state index is 8.48. The highest BCUT2D eigenvalue weighted by atomic mass is 16.5. The maximum Gasteiger partial charge on any atom is 0.137 e. The van der Waals surface area contributed by atoms with E-state index in [1.807, 2.05) is 32.9 Å². The molecular weight excluding hydrogens is 256 g/mol. The largest absolute Gasteiger partial charge is 0.496 e. The molecule has 0 amide bonds. The van der Waals surface area contributed by atoms with Gasteiger partial charge in [-0.25, -0.2) is 0 Å². The van der Waals surface area contributed by atoms with E-state index in [2.05, 4.69) is 15.2 Å². The zero-order valence-electron chi connectivity index (χ0n) is 12.0. The highest BCUT2D eigenvalue weighted by Crippen LogP contribution is 2.32. The third kappa shape index (κ3) is 2.46. The van der Waals surface area contributed by atoms with E-state index < -0.39 is 0 Å². The van der Waals surface area contributed by atoms with Crippen LogP contribution in [0.15, 0.2) is 21.8 Å². The maximum atomic E-state index is 8.48. The standard InChI is InChI=1S/C14H16N4O2/c1-8-6-13(19-4)9(2)5-11(8)14-12(7-16-18-15)10(3)20-17-14/h5-6H,7H2,1-4H3. The Hall–Kier alpha value is -2.46. The van der Waals surface area contributed by atoms with Crippen molar-refractivity contribution in [2.24, 2.45) is 5.11 Å². The van der Waals surface area contributed by atoms with E-state index in [4.69, 9.17) is 14.8 Å². The van der Waals surface area contributed by atoms with E-state index >= 15 is 0 Å². The molecule has 0 aliphatic carbocycles. The highest BCUT2D eigenvalue weighted by Gasteiger charge is 2.17. The lowest BCUT2D eigenvalue weighted by Gasteiger charge is -2.10. The lowest BCUT2D eigenvalue weighted by atomic mass is 9.99. The van der Waals surface area contributed by atoms with Crippen LogP contribution in [0.3, 0.4) is 0 Å². The number of aromatic nitrogens is 1. The summed E-state index contributed by atoms with van der Waals surface area (Å²) in [5.41, 5.74) is 13.0. The van der Waals surface area contributed by atoms with Crippen molar-refractivity contribution >= 4 is 0 Å². The van der Waals surface area contributed by atoms with Gasteiger partial charge in [0.2, 0.25) is 0 Å². The summed E-state index contributed by atoms with van der Waals surface area (Å²) in [4.78, 5) is 2.79. The Bertz CT molecular complexity index is 685. The van der Waals surface area contributed by atoms with E-state index in [0.717, 1.165) is 33.7 Å². The Morgan fingerprint density at radius 2 is 2.05 bits per heavy atom. The fourth-order valence-corrected chi connectivity index (χ4v) is 2.16. The van der Waals surface area contributed by atoms with Gasteiger partial charge in [0, 0.05) is 16.0 Å². The normalized spacial score (nSPS) is 10.2. The van der Waals surface area contributed by atoms with Crippen molar-refractivity contribution in [2.75, 3.05) is 7.11 Å². The Kier molecular flexibility index (Phi) is 3.96. The minimum absolute atomic E-state index is 0.228. The second kappa shape index (κ2) is 5.67. The Labute approximate surface area is 117 Å². The predicted octanol–water partition coefficient (Wildman–Crippen LogP) is 4.09. The van der Waals surface area contributed by atoms with Gasteiger partial charge in [0.25, 0.3) is 0 Å². The number of rotatable bonds is 4. The van der Waals surface area contributed by atoms with E-state index in [1.165, 1.54) is 0 Å². The van der Waals surface area contributed by atoms with Crippen molar-refractivity contribution in [3.63, 3.8) is 0 Å². The van der Waals surface area contributed by atoms with Gasteiger partial charge in [-0.05, 0) is 49.6 Å². The molecule has 2 rings (SSSR count). The number of azide groups is 1. The van der Waals surface area contributed by atoms with Crippen molar-refractivity contribution in [2.45, 2.75) is 27.3 Å². The molecule has 6 heteroatoms. The van der Waals surface area contributed by atoms with Gasteiger partial charge in [0.15, 0.2) is 0 Å². The number of benzene rings is 1. The summed E-state index contributed by atoms with van der Waals surface area (Å²) in [7, 11) is 1.65. The van der Waals surface area contributed by atoms with Crippen LogP contribution in [0.25, 0.3) is 21.7 Å². The zero-order chi connectivity index (χ0) is 14.7. The molecule has 0 N–H and O–H groups in total. The first kappa shape index (κ1) is 14.0. The Morgan fingerprint density at radius 3 is 2.70 bits per heavy atom. The molecular formula is C14H16N4O2. The fraction of sp³-hybridized carbons (Fsp3) is 0.357. The number of ether oxygens (including phenoxy) is 1. The summed E-state index contributed by atoms with van der Waals surface area (Å²) in [6.07, 6.45) is 0. The number of nitrogens with zero attached hydrogens (tertiary/aromatic N) is 4. The number of hydrogen-bond donors (Lipinski definition) is 0. The zero-order valence-corrected chi connectivity index (χ0v) is 12.0. The number of aryl methyl sites for hydroxylation is 3. The summed E-state index contributed by atoms with van der Waals surface area (Å²) in [5, 5.41) is 7.70. The Balaban J connectivity index is 2.57. The Morgan fingerprint density at radius 1 is 1.30 bits per heavy atom. The van der Waals surface area contributed by atoms with Crippen molar-refractivity contribution < 1.29 is 9.26 Å². The molecule has 1 heterocycles. The number of methoxy groups -OCH3 is 1. The van der Waals surface area contributed by atoms with Crippen molar-refractivity contribution in [3.05, 3.63) is 45.0 Å². The molecule has 6 nitrogen and oxygen atoms in total. The molecule has 0 spiro atoms. The van der Waals surface area contributed by atoms with Crippen LogP contribution >= 0.6 is 0 Å². The van der Waals surface area contributed by atoms with Gasteiger partial charge < -0.3 is 9.26 Å². The quantitative estimate of drug-likeness (QED) is 0.477. The molecule has 0 atom stereocenters. The minimum atomic E-state index is 0.228. The molecule has 0 fully saturated rings. The third-order valence-corrected chi connectivity index (χ3v) is 3.27. The lowest BCUT2D eigenvalue weighted by molar-refractivity contribution is 0.398. The van der Waals surface area contributed by atoms with Gasteiger partial charge >= 0.3 is 0 Å². The summed E-state index contributed by atoms with van der Waals surface area (Å²) < 4.78 is 10.5. The predicted molar refractivity (Wildman–Crippen MR) is 75.6 cm³/mol. The molecule has 0 bridgehead atoms. The second-order valence-electron chi connectivity index (χ2n) is 4.59. The van der Waals surface area contributed by atoms with Gasteiger partial charge in [-0.3, -0.25) is 0 Å². The van der Waals surface area contributed by atoms with Crippen LogP contribution in [0.4, 0.5) is 0 Å². The third-order valence-electron chi connectivity index (χ3n) is 3.27. The van der Waals surface area contributed by atoms with Crippen LogP contribution in [0.5, 0.6) is 5.75 Å². The fourth-order valence-electron chi connectivity index (χ4n) is 2.16. The molecule has 1 aromatic heterocycles. The van der Waals surface area contributed by atoms with Crippen molar-refractivity contribution in [1.29, 1.82) is 0 Å². The summed E-state index contributed by atoms with van der Waals surface area (Å²) in [6.45, 7) is 6.00. The lowest BCUT2D eigenvalue weighted by Crippen LogP contribution is -1.94. The van der Waals surface area contributed by atoms with Gasteiger partial charge in [0.05, 0.1) is 13.7 Å². The molecule has 0 aliphatic heterocycles. The molecule has 20 heavy (non-hydrogen) atoms. The topological polar surface area (TPSA) is 84.0 Å². The van der Waals surface area contributed by atoms with Crippen LogP contribution in [0.1, 0.15) is 22.5 Å². The van der Waals surface area contributed by atoms with Gasteiger partial charge in [-0.1, -0.05) is 10.3 Å². The SMILES string of the molecule is COc1cc(C)c(-c2noc(C)c2CN=[N+]=[N-])cc1C. The molecule has 2 aromatic rings. The second-order valence-corrected chi connectivity index (χ2v) is 4.59. The molecule has 1 aromatic carbocycles. The van der Waals surface area contributed by atoms with Crippen LogP contribution in [0.2, 0.25) is 0 Å². The van der Waals surface area contributed by atoms with Crippen molar-refractivity contribution in [1.82, 2.24) is 5.16 Å². The minimum Gasteiger partial charge on any atom is -0.496 e. The molecule has 0 saturated heterocycles. The van der Waals surface area contributed by atoms with Crippen molar-refractivity contribution in [3.8, 4) is 17.0 Å². The molecule has 104 valence electrons. The summed E-state index contributed by atoms with van der Waals surface area (Å²) >= 11 is 0. The van der Waals surface area contributed by atoms with E-state index in [1.54, 1.807) is 7.11 Å². The van der Waals surface area contributed by atoms with Crippen LogP contribution < -0.4 is 4.74 Å². The van der Waals surface area contributed by atoms with E-state index in [9.17, 15) is 0 Å². The monoisotopic (exact) mass is 272 g/mol. The molecule has 0 radical (unpaired) electrons.